The van der Waals surface area contributed by atoms with Gasteiger partial charge < -0.3 is 15.1 Å². The SMILES string of the molecule is O=C1C2NNC(c3ccccc3O)C2C(c2ccccc2F)N1CCCO. The first-order valence-corrected chi connectivity index (χ1v) is 9.08. The predicted molar refractivity (Wildman–Crippen MR) is 97.0 cm³/mol. The van der Waals surface area contributed by atoms with Crippen LogP contribution >= 0.6 is 0 Å². The van der Waals surface area contributed by atoms with Gasteiger partial charge in [0.15, 0.2) is 0 Å². The molecule has 2 aromatic rings. The van der Waals surface area contributed by atoms with Gasteiger partial charge in [-0.3, -0.25) is 4.79 Å². The van der Waals surface area contributed by atoms with Crippen LogP contribution < -0.4 is 10.9 Å². The minimum atomic E-state index is -0.530. The molecule has 0 aliphatic carbocycles. The van der Waals surface area contributed by atoms with Crippen molar-refractivity contribution in [3.63, 3.8) is 0 Å². The molecule has 0 radical (unpaired) electrons. The first kappa shape index (κ1) is 17.9. The lowest BCUT2D eigenvalue weighted by Gasteiger charge is -2.31. The van der Waals surface area contributed by atoms with Gasteiger partial charge in [-0.05, 0) is 18.6 Å². The van der Waals surface area contributed by atoms with Crippen molar-refractivity contribution in [1.82, 2.24) is 15.8 Å². The molecular weight excluding hydrogens is 349 g/mol. The molecule has 2 heterocycles. The number of aliphatic hydroxyl groups is 1. The smallest absolute Gasteiger partial charge is 0.242 e. The second-order valence-corrected chi connectivity index (χ2v) is 6.96. The topological polar surface area (TPSA) is 84.8 Å². The normalized spacial score (nSPS) is 27.2. The minimum absolute atomic E-state index is 0.0440. The van der Waals surface area contributed by atoms with Crippen molar-refractivity contribution < 1.29 is 19.4 Å². The summed E-state index contributed by atoms with van der Waals surface area (Å²) in [6, 6.07) is 12.0. The highest BCUT2D eigenvalue weighted by molar-refractivity contribution is 5.86. The maximum atomic E-state index is 14.7. The van der Waals surface area contributed by atoms with Gasteiger partial charge in [0, 0.05) is 30.2 Å². The molecule has 2 saturated heterocycles. The summed E-state index contributed by atoms with van der Waals surface area (Å²) < 4.78 is 14.7. The molecule has 2 aliphatic rings. The Bertz CT molecular complexity index is 847. The van der Waals surface area contributed by atoms with E-state index in [0.717, 1.165) is 0 Å². The van der Waals surface area contributed by atoms with Gasteiger partial charge in [0.25, 0.3) is 0 Å². The Balaban J connectivity index is 1.79. The van der Waals surface area contributed by atoms with Gasteiger partial charge in [-0.15, -0.1) is 0 Å². The monoisotopic (exact) mass is 371 g/mol. The molecule has 0 bridgehead atoms. The van der Waals surface area contributed by atoms with Crippen molar-refractivity contribution in [2.75, 3.05) is 13.2 Å². The van der Waals surface area contributed by atoms with Gasteiger partial charge in [0.2, 0.25) is 5.91 Å². The summed E-state index contributed by atoms with van der Waals surface area (Å²) >= 11 is 0. The maximum absolute atomic E-state index is 14.7. The lowest BCUT2D eigenvalue weighted by atomic mass is 9.83. The molecule has 0 aromatic heterocycles. The second kappa shape index (κ2) is 7.26. The van der Waals surface area contributed by atoms with Crippen LogP contribution in [0.1, 0.15) is 29.6 Å². The van der Waals surface area contributed by atoms with Gasteiger partial charge >= 0.3 is 0 Å². The first-order chi connectivity index (χ1) is 13.1. The summed E-state index contributed by atoms with van der Waals surface area (Å²) in [5.74, 6) is -0.674. The number of rotatable bonds is 5. The number of phenols is 1. The van der Waals surface area contributed by atoms with Crippen molar-refractivity contribution in [3.8, 4) is 5.75 Å². The highest BCUT2D eigenvalue weighted by atomic mass is 19.1. The molecule has 0 spiro atoms. The fraction of sp³-hybridized carbons (Fsp3) is 0.350. The van der Waals surface area contributed by atoms with E-state index in [1.807, 2.05) is 6.07 Å². The number of phenolic OH excluding ortho intramolecular Hbond substituents is 1. The van der Waals surface area contributed by atoms with E-state index in [0.29, 0.717) is 24.1 Å². The minimum Gasteiger partial charge on any atom is -0.508 e. The Hall–Kier alpha value is -2.48. The number of hydrogen-bond donors (Lipinski definition) is 4. The van der Waals surface area contributed by atoms with Crippen molar-refractivity contribution >= 4 is 5.91 Å². The highest BCUT2D eigenvalue weighted by Gasteiger charge is 2.56. The van der Waals surface area contributed by atoms with Crippen LogP contribution in [0.4, 0.5) is 4.39 Å². The van der Waals surface area contributed by atoms with Crippen LogP contribution in [0.25, 0.3) is 0 Å². The van der Waals surface area contributed by atoms with Crippen molar-refractivity contribution in [1.29, 1.82) is 0 Å². The van der Waals surface area contributed by atoms with Crippen LogP contribution in [0.2, 0.25) is 0 Å². The molecule has 4 unspecified atom stereocenters. The number of aromatic hydroxyl groups is 1. The third-order valence-electron chi connectivity index (χ3n) is 5.47. The van der Waals surface area contributed by atoms with Crippen molar-refractivity contribution in [2.45, 2.75) is 24.5 Å². The number of fused-ring (bicyclic) bond motifs is 1. The number of likely N-dealkylation sites (tertiary alicyclic amines) is 1. The molecule has 4 rings (SSSR count). The van der Waals surface area contributed by atoms with Gasteiger partial charge in [-0.2, -0.15) is 0 Å². The van der Waals surface area contributed by atoms with E-state index in [1.54, 1.807) is 41.3 Å². The summed E-state index contributed by atoms with van der Waals surface area (Å²) in [5.41, 5.74) is 7.25. The van der Waals surface area contributed by atoms with E-state index >= 15 is 0 Å². The first-order valence-electron chi connectivity index (χ1n) is 9.08. The molecule has 2 aliphatic heterocycles. The Morgan fingerprint density at radius 1 is 1.00 bits per heavy atom. The third-order valence-corrected chi connectivity index (χ3v) is 5.47. The molecule has 142 valence electrons. The Labute approximate surface area is 156 Å². The maximum Gasteiger partial charge on any atom is 0.242 e. The number of nitrogens with zero attached hydrogens (tertiary/aromatic N) is 1. The summed E-state index contributed by atoms with van der Waals surface area (Å²) in [4.78, 5) is 14.7. The van der Waals surface area contributed by atoms with Crippen LogP contribution in [0.3, 0.4) is 0 Å². The predicted octanol–water partition coefficient (Wildman–Crippen LogP) is 1.63. The van der Waals surface area contributed by atoms with Crippen LogP contribution in [0.15, 0.2) is 48.5 Å². The Kier molecular flexibility index (Phi) is 4.82. The number of nitrogens with one attached hydrogen (secondary N) is 2. The molecule has 4 atom stereocenters. The van der Waals surface area contributed by atoms with E-state index in [2.05, 4.69) is 10.9 Å². The van der Waals surface area contributed by atoms with Crippen LogP contribution in [-0.4, -0.2) is 40.2 Å². The number of amides is 1. The molecule has 2 fully saturated rings. The van der Waals surface area contributed by atoms with E-state index < -0.39 is 12.1 Å². The number of hydrogen-bond acceptors (Lipinski definition) is 5. The zero-order valence-corrected chi connectivity index (χ0v) is 14.7. The highest BCUT2D eigenvalue weighted by Crippen LogP contribution is 2.48. The van der Waals surface area contributed by atoms with E-state index in [4.69, 9.17) is 0 Å². The number of benzene rings is 2. The number of carbonyl (C=O) groups is 1. The average molecular weight is 371 g/mol. The van der Waals surface area contributed by atoms with Gasteiger partial charge in [0.05, 0.1) is 12.1 Å². The quantitative estimate of drug-likeness (QED) is 0.642. The molecule has 7 heteroatoms. The number of carbonyl (C=O) groups excluding carboxylic acids is 1. The van der Waals surface area contributed by atoms with Crippen LogP contribution in [0, 0.1) is 11.7 Å². The fourth-order valence-electron chi connectivity index (χ4n) is 4.30. The van der Waals surface area contributed by atoms with E-state index in [9.17, 15) is 19.4 Å². The van der Waals surface area contributed by atoms with Crippen molar-refractivity contribution in [2.24, 2.45) is 5.92 Å². The summed E-state index contributed by atoms with van der Waals surface area (Å²) in [6.45, 7) is 0.300. The second-order valence-electron chi connectivity index (χ2n) is 6.96. The summed E-state index contributed by atoms with van der Waals surface area (Å²) in [7, 11) is 0. The standard InChI is InChI=1S/C20H22FN3O3/c21-14-8-3-1-6-12(14)19-16-17(13-7-2-4-9-15(13)26)22-23-18(16)20(27)24(19)10-5-11-25/h1-4,6-9,16-19,22-23,25-26H,5,10-11H2. The number of aliphatic hydroxyl groups excluding tert-OH is 1. The zero-order valence-electron chi connectivity index (χ0n) is 14.7. The third kappa shape index (κ3) is 2.97. The number of para-hydroxylation sites is 1. The van der Waals surface area contributed by atoms with Crippen molar-refractivity contribution in [3.05, 3.63) is 65.5 Å². The van der Waals surface area contributed by atoms with Gasteiger partial charge in [0.1, 0.15) is 17.6 Å². The summed E-state index contributed by atoms with van der Waals surface area (Å²) in [6.07, 6.45) is 0.421. The van der Waals surface area contributed by atoms with E-state index in [1.165, 1.54) is 6.07 Å². The molecule has 6 nitrogen and oxygen atoms in total. The summed E-state index contributed by atoms with van der Waals surface area (Å²) in [5, 5.41) is 19.5. The van der Waals surface area contributed by atoms with Crippen LogP contribution in [0.5, 0.6) is 5.75 Å². The Morgan fingerprint density at radius 2 is 1.67 bits per heavy atom. The largest absolute Gasteiger partial charge is 0.508 e. The van der Waals surface area contributed by atoms with Crippen LogP contribution in [-0.2, 0) is 4.79 Å². The zero-order chi connectivity index (χ0) is 19.0. The average Bonchev–Trinajstić information content (AvgIpc) is 3.20. The Morgan fingerprint density at radius 3 is 2.37 bits per heavy atom. The number of halogens is 1. The lowest BCUT2D eigenvalue weighted by Crippen LogP contribution is -2.41. The molecule has 4 N–H and O–H groups in total. The molecule has 1 amide bonds. The molecule has 27 heavy (non-hydrogen) atoms. The lowest BCUT2D eigenvalue weighted by molar-refractivity contribution is -0.130. The molecule has 0 saturated carbocycles. The fourth-order valence-corrected chi connectivity index (χ4v) is 4.30. The van der Waals surface area contributed by atoms with Gasteiger partial charge in [-0.1, -0.05) is 36.4 Å². The number of hydrazine groups is 1. The molecule has 2 aromatic carbocycles. The van der Waals surface area contributed by atoms with E-state index in [-0.39, 0.29) is 36.0 Å². The molecular formula is C20H22FN3O3. The van der Waals surface area contributed by atoms with Gasteiger partial charge in [-0.25, -0.2) is 15.2 Å².